The van der Waals surface area contributed by atoms with Crippen LogP contribution in [0.1, 0.15) is 19.4 Å². The lowest BCUT2D eigenvalue weighted by atomic mass is 10.2. The average molecular weight is 277 g/mol. The van der Waals surface area contributed by atoms with Gasteiger partial charge in [0.1, 0.15) is 10.3 Å². The lowest BCUT2D eigenvalue weighted by molar-refractivity contribution is 0.113. The van der Waals surface area contributed by atoms with E-state index in [1.165, 1.54) is 0 Å². The van der Waals surface area contributed by atoms with E-state index in [-0.39, 0.29) is 0 Å². The van der Waals surface area contributed by atoms with E-state index in [1.807, 2.05) is 13.0 Å². The van der Waals surface area contributed by atoms with Gasteiger partial charge in [-0.05, 0) is 19.5 Å². The molecule has 1 aromatic rings. The van der Waals surface area contributed by atoms with E-state index in [0.717, 1.165) is 38.4 Å². The van der Waals surface area contributed by atoms with Crippen molar-refractivity contribution in [1.29, 1.82) is 0 Å². The summed E-state index contributed by atoms with van der Waals surface area (Å²) < 4.78 is 5.34. The normalized spacial score (nSPS) is 11.1. The third kappa shape index (κ3) is 5.21. The van der Waals surface area contributed by atoms with Gasteiger partial charge in [0.15, 0.2) is 0 Å². The number of aromatic nitrogens is 1. The topological polar surface area (TPSA) is 25.4 Å². The molecule has 17 heavy (non-hydrogen) atoms. The Bertz CT molecular complexity index is 347. The molecular weight excluding hydrogens is 259 g/mol. The van der Waals surface area contributed by atoms with Gasteiger partial charge in [0.25, 0.3) is 0 Å². The van der Waals surface area contributed by atoms with Crippen molar-refractivity contribution in [3.8, 4) is 0 Å². The second-order valence-corrected chi connectivity index (χ2v) is 4.39. The fourth-order valence-corrected chi connectivity index (χ4v) is 1.89. The molecule has 1 heterocycles. The molecule has 0 saturated carbocycles. The first kappa shape index (κ1) is 14.7. The van der Waals surface area contributed by atoms with Crippen LogP contribution in [0.5, 0.6) is 0 Å². The molecule has 1 rings (SSSR count). The van der Waals surface area contributed by atoms with Crippen molar-refractivity contribution in [2.24, 2.45) is 0 Å². The summed E-state index contributed by atoms with van der Waals surface area (Å²) in [5.41, 5.74) is 0.995. The van der Waals surface area contributed by atoms with Crippen molar-refractivity contribution >= 4 is 23.2 Å². The number of rotatable bonds is 7. The summed E-state index contributed by atoms with van der Waals surface area (Å²) in [6, 6.07) is 3.68. The van der Waals surface area contributed by atoms with Crippen LogP contribution in [0.25, 0.3) is 0 Å². The lowest BCUT2D eigenvalue weighted by Crippen LogP contribution is -2.27. The number of ether oxygens (including phenoxy) is 1. The molecule has 0 atom stereocenters. The summed E-state index contributed by atoms with van der Waals surface area (Å²) in [6.07, 6.45) is 0. The molecule has 0 fully saturated rings. The molecule has 96 valence electrons. The number of hydrogen-bond donors (Lipinski definition) is 0. The summed E-state index contributed by atoms with van der Waals surface area (Å²) in [5.74, 6) is 0. The predicted octanol–water partition coefficient (Wildman–Crippen LogP) is 3.25. The highest BCUT2D eigenvalue weighted by molar-refractivity contribution is 6.32. The molecule has 3 nitrogen and oxygen atoms in total. The Hall–Kier alpha value is -0.350. The minimum atomic E-state index is 0.427. The monoisotopic (exact) mass is 276 g/mol. The van der Waals surface area contributed by atoms with Crippen molar-refractivity contribution in [3.05, 3.63) is 28.0 Å². The van der Waals surface area contributed by atoms with Gasteiger partial charge in [-0.25, -0.2) is 4.98 Å². The lowest BCUT2D eigenvalue weighted by Gasteiger charge is -2.20. The van der Waals surface area contributed by atoms with Crippen molar-refractivity contribution in [2.75, 3.05) is 26.3 Å². The van der Waals surface area contributed by atoms with Crippen molar-refractivity contribution in [1.82, 2.24) is 9.88 Å². The summed E-state index contributed by atoms with van der Waals surface area (Å²) in [5, 5.41) is 0.906. The van der Waals surface area contributed by atoms with Crippen LogP contribution in [0, 0.1) is 0 Å². The van der Waals surface area contributed by atoms with Crippen molar-refractivity contribution < 1.29 is 4.74 Å². The minimum absolute atomic E-state index is 0.427. The number of pyridine rings is 1. The highest BCUT2D eigenvalue weighted by atomic mass is 35.5. The Morgan fingerprint density at radius 2 is 2.06 bits per heavy atom. The van der Waals surface area contributed by atoms with Crippen LogP contribution < -0.4 is 0 Å². The predicted molar refractivity (Wildman–Crippen MR) is 71.7 cm³/mol. The number of likely N-dealkylation sites (N-methyl/N-ethyl adjacent to an activating group) is 1. The first-order valence-electron chi connectivity index (χ1n) is 5.78. The SMILES string of the molecule is CCOCCN(CC)Cc1ccc(Cl)nc1Cl. The molecule has 1 aromatic heterocycles. The molecule has 0 aromatic carbocycles. The molecule has 0 bridgehead atoms. The van der Waals surface area contributed by atoms with Gasteiger partial charge >= 0.3 is 0 Å². The number of halogens is 2. The zero-order chi connectivity index (χ0) is 12.7. The Labute approximate surface area is 113 Å². The first-order chi connectivity index (χ1) is 8.17. The van der Waals surface area contributed by atoms with Crippen LogP contribution in [-0.4, -0.2) is 36.2 Å². The molecule has 0 aliphatic carbocycles. The quantitative estimate of drug-likeness (QED) is 0.565. The van der Waals surface area contributed by atoms with Crippen LogP contribution in [0.4, 0.5) is 0 Å². The third-order valence-corrected chi connectivity index (χ3v) is 3.03. The molecule has 0 unspecified atom stereocenters. The largest absolute Gasteiger partial charge is 0.380 e. The van der Waals surface area contributed by atoms with E-state index in [4.69, 9.17) is 27.9 Å². The third-order valence-electron chi connectivity index (χ3n) is 2.49. The summed E-state index contributed by atoms with van der Waals surface area (Å²) in [4.78, 5) is 6.29. The Morgan fingerprint density at radius 3 is 2.65 bits per heavy atom. The van der Waals surface area contributed by atoms with E-state index in [1.54, 1.807) is 6.07 Å². The van der Waals surface area contributed by atoms with E-state index in [0.29, 0.717) is 10.3 Å². The molecule has 0 saturated heterocycles. The minimum Gasteiger partial charge on any atom is -0.380 e. The smallest absolute Gasteiger partial charge is 0.135 e. The van der Waals surface area contributed by atoms with Gasteiger partial charge in [0.2, 0.25) is 0 Å². The first-order valence-corrected chi connectivity index (χ1v) is 6.54. The van der Waals surface area contributed by atoms with Crippen molar-refractivity contribution in [2.45, 2.75) is 20.4 Å². The van der Waals surface area contributed by atoms with E-state index >= 15 is 0 Å². The van der Waals surface area contributed by atoms with E-state index in [9.17, 15) is 0 Å². The zero-order valence-electron chi connectivity index (χ0n) is 10.2. The van der Waals surface area contributed by atoms with Gasteiger partial charge < -0.3 is 4.74 Å². The molecule has 5 heteroatoms. The second kappa shape index (κ2) is 7.88. The van der Waals surface area contributed by atoms with Crippen LogP contribution in [0.15, 0.2) is 12.1 Å². The van der Waals surface area contributed by atoms with Crippen LogP contribution in [0.3, 0.4) is 0 Å². The second-order valence-electron chi connectivity index (χ2n) is 3.65. The van der Waals surface area contributed by atoms with Crippen LogP contribution in [-0.2, 0) is 11.3 Å². The van der Waals surface area contributed by atoms with Gasteiger partial charge in [-0.2, -0.15) is 0 Å². The highest BCUT2D eigenvalue weighted by Gasteiger charge is 2.08. The molecule has 0 radical (unpaired) electrons. The van der Waals surface area contributed by atoms with Crippen molar-refractivity contribution in [3.63, 3.8) is 0 Å². The molecule has 0 N–H and O–H groups in total. The summed E-state index contributed by atoms with van der Waals surface area (Å²) in [6.45, 7) is 8.21. The molecule has 0 amide bonds. The summed E-state index contributed by atoms with van der Waals surface area (Å²) >= 11 is 11.8. The fraction of sp³-hybridized carbons (Fsp3) is 0.583. The van der Waals surface area contributed by atoms with Crippen LogP contribution in [0.2, 0.25) is 10.3 Å². The average Bonchev–Trinajstić information content (AvgIpc) is 2.31. The molecule has 0 aliphatic heterocycles. The van der Waals surface area contributed by atoms with E-state index in [2.05, 4.69) is 16.8 Å². The number of nitrogens with zero attached hydrogens (tertiary/aromatic N) is 2. The van der Waals surface area contributed by atoms with Gasteiger partial charge in [-0.15, -0.1) is 0 Å². The molecule has 0 spiro atoms. The molecular formula is C12H18Cl2N2O. The fourth-order valence-electron chi connectivity index (χ4n) is 1.49. The maximum atomic E-state index is 6.04. The van der Waals surface area contributed by atoms with Gasteiger partial charge in [0.05, 0.1) is 6.61 Å². The Kier molecular flexibility index (Phi) is 6.82. The van der Waals surface area contributed by atoms with Gasteiger partial charge in [-0.1, -0.05) is 36.2 Å². The summed E-state index contributed by atoms with van der Waals surface area (Å²) in [7, 11) is 0. The van der Waals surface area contributed by atoms with Gasteiger partial charge in [0, 0.05) is 25.3 Å². The van der Waals surface area contributed by atoms with Crippen LogP contribution >= 0.6 is 23.2 Å². The highest BCUT2D eigenvalue weighted by Crippen LogP contribution is 2.18. The van der Waals surface area contributed by atoms with Gasteiger partial charge in [-0.3, -0.25) is 4.90 Å². The maximum absolute atomic E-state index is 6.04. The Morgan fingerprint density at radius 1 is 1.29 bits per heavy atom. The zero-order valence-corrected chi connectivity index (χ0v) is 11.8. The maximum Gasteiger partial charge on any atom is 0.135 e. The Balaban J connectivity index is 2.54. The standard InChI is InChI=1S/C12H18Cl2N2O/c1-3-16(7-8-17-4-2)9-10-5-6-11(13)15-12(10)14/h5-6H,3-4,7-9H2,1-2H3. The number of hydrogen-bond acceptors (Lipinski definition) is 3. The van der Waals surface area contributed by atoms with E-state index < -0.39 is 0 Å². The molecule has 0 aliphatic rings.